The number of rotatable bonds is 7. The maximum atomic E-state index is 16.4. The number of nitrogens with zero attached hydrogens (tertiary/aromatic N) is 4. The van der Waals surface area contributed by atoms with E-state index in [9.17, 15) is 19.2 Å². The Kier molecular flexibility index (Phi) is 9.58. The summed E-state index contributed by atoms with van der Waals surface area (Å²) in [6, 6.07) is 14.5. The predicted molar refractivity (Wildman–Crippen MR) is 211 cm³/mol. The summed E-state index contributed by atoms with van der Waals surface area (Å²) in [4.78, 5) is 59.8. The zero-order valence-corrected chi connectivity index (χ0v) is 32.1. The number of piperidine rings is 2. The molecule has 1 atom stereocenters. The fraction of sp³-hybridized carbons (Fsp3) is 0.395. The summed E-state index contributed by atoms with van der Waals surface area (Å²) in [6.07, 6.45) is 5.08. The molecule has 4 amide bonds. The number of fused-ring (bicyclic) bond motifs is 1. The van der Waals surface area contributed by atoms with Gasteiger partial charge in [0.15, 0.2) is 5.82 Å². The summed E-state index contributed by atoms with van der Waals surface area (Å²) in [5, 5.41) is 2.91. The van der Waals surface area contributed by atoms with Crippen LogP contribution in [0.15, 0.2) is 54.6 Å². The largest absolute Gasteiger partial charge is 0.496 e. The van der Waals surface area contributed by atoms with Gasteiger partial charge in [0, 0.05) is 100 Å². The van der Waals surface area contributed by atoms with E-state index < -0.39 is 11.7 Å². The summed E-state index contributed by atoms with van der Waals surface area (Å²) in [6.45, 7) is 5.50. The van der Waals surface area contributed by atoms with E-state index >= 15 is 8.78 Å². The number of carbonyl (C=O) groups excluding carboxylic acids is 4. The first-order chi connectivity index (χ1) is 26.8. The van der Waals surface area contributed by atoms with Crippen molar-refractivity contribution < 1.29 is 32.7 Å². The average Bonchev–Trinajstić information content (AvgIpc) is 3.63. The number of hydrogen-bond donors (Lipinski definition) is 2. The number of hydrogen-bond acceptors (Lipinski definition) is 7. The van der Waals surface area contributed by atoms with Crippen molar-refractivity contribution in [3.05, 3.63) is 83.1 Å². The van der Waals surface area contributed by atoms with Gasteiger partial charge in [-0.25, -0.2) is 8.78 Å². The van der Waals surface area contributed by atoms with E-state index in [1.54, 1.807) is 50.4 Å². The molecule has 3 saturated heterocycles. The lowest BCUT2D eigenvalue weighted by molar-refractivity contribution is -0.134. The number of aromatic nitrogens is 1. The van der Waals surface area contributed by atoms with Crippen molar-refractivity contribution in [2.75, 3.05) is 70.3 Å². The molecule has 8 rings (SSSR count). The van der Waals surface area contributed by atoms with Gasteiger partial charge in [0.1, 0.15) is 17.3 Å². The van der Waals surface area contributed by atoms with Crippen LogP contribution in [-0.2, 0) is 14.4 Å². The Morgan fingerprint density at radius 3 is 2.38 bits per heavy atom. The topological polar surface area (TPSA) is 118 Å². The van der Waals surface area contributed by atoms with Crippen LogP contribution >= 0.6 is 0 Å². The number of aromatic amines is 1. The van der Waals surface area contributed by atoms with Crippen LogP contribution in [0.2, 0.25) is 0 Å². The minimum atomic E-state index is -0.523. The first kappa shape index (κ1) is 37.2. The van der Waals surface area contributed by atoms with Crippen molar-refractivity contribution in [3.63, 3.8) is 0 Å². The monoisotopic (exact) mass is 764 g/mol. The SMILES string of the molecule is COc1cc(N2CCC3(CC2)CN(c2ccc(C4CCC(=O)NC4=O)cc2F)C3)ccc1-c1cc(C2=CCCN(C(C)=O)C2)c(F)c2[nH]c(C(=O)N(C)C)cc12. The van der Waals surface area contributed by atoms with Gasteiger partial charge in [-0.1, -0.05) is 12.1 Å². The molecule has 2 N–H and O–H groups in total. The predicted octanol–water partition coefficient (Wildman–Crippen LogP) is 6.09. The molecule has 0 radical (unpaired) electrons. The lowest BCUT2D eigenvalue weighted by Gasteiger charge is -2.55. The van der Waals surface area contributed by atoms with Crippen molar-refractivity contribution in [2.45, 2.75) is 44.9 Å². The van der Waals surface area contributed by atoms with Crippen molar-refractivity contribution in [3.8, 4) is 16.9 Å². The van der Waals surface area contributed by atoms with Gasteiger partial charge in [-0.05, 0) is 78.8 Å². The van der Waals surface area contributed by atoms with Crippen LogP contribution in [0.1, 0.15) is 66.6 Å². The molecule has 56 heavy (non-hydrogen) atoms. The second kappa shape index (κ2) is 14.4. The molecule has 0 saturated carbocycles. The van der Waals surface area contributed by atoms with Gasteiger partial charge in [0.05, 0.1) is 24.2 Å². The van der Waals surface area contributed by atoms with Gasteiger partial charge in [-0.2, -0.15) is 0 Å². The van der Waals surface area contributed by atoms with Crippen LogP contribution in [0.5, 0.6) is 5.75 Å². The molecule has 11 nitrogen and oxygen atoms in total. The summed E-state index contributed by atoms with van der Waals surface area (Å²) in [7, 11) is 4.91. The molecule has 13 heteroatoms. The highest BCUT2D eigenvalue weighted by Crippen LogP contribution is 2.46. The average molecular weight is 765 g/mol. The lowest BCUT2D eigenvalue weighted by Crippen LogP contribution is -2.60. The number of ether oxygens (including phenoxy) is 1. The second-order valence-corrected chi connectivity index (χ2v) is 15.9. The standard InChI is InChI=1S/C43H46F2N6O5/c1-25(52)50-15-5-6-27(22-50)31-20-32(33-21-35(42(55)48(2)3)46-40(33)39(31)45)30-9-8-28(19-37(30)56-4)49-16-13-43(14-17-49)23-51(24-43)36-11-7-26(18-34(36)44)29-10-12-38(53)47-41(29)54/h6-9,11,18-21,29,46H,5,10,12-17,22-24H2,1-4H3,(H,47,53,54). The van der Waals surface area contributed by atoms with E-state index in [2.05, 4.69) is 20.1 Å². The zero-order chi connectivity index (χ0) is 39.5. The van der Waals surface area contributed by atoms with Crippen LogP contribution in [-0.4, -0.2) is 98.9 Å². The van der Waals surface area contributed by atoms with Gasteiger partial charge in [-0.15, -0.1) is 0 Å². The Balaban J connectivity index is 1.01. The summed E-state index contributed by atoms with van der Waals surface area (Å²) in [5.41, 5.74) is 5.22. The van der Waals surface area contributed by atoms with E-state index in [-0.39, 0.29) is 59.0 Å². The number of methoxy groups -OCH3 is 1. The highest BCUT2D eigenvalue weighted by atomic mass is 19.1. The molecule has 0 bridgehead atoms. The highest BCUT2D eigenvalue weighted by molar-refractivity contribution is 6.05. The van der Waals surface area contributed by atoms with E-state index in [0.717, 1.165) is 50.3 Å². The third kappa shape index (κ3) is 6.66. The van der Waals surface area contributed by atoms with Gasteiger partial charge < -0.3 is 29.3 Å². The molecule has 4 aliphatic rings. The number of halogens is 2. The van der Waals surface area contributed by atoms with Gasteiger partial charge in [-0.3, -0.25) is 24.5 Å². The number of benzene rings is 3. The number of amides is 4. The van der Waals surface area contributed by atoms with Gasteiger partial charge in [0.2, 0.25) is 17.7 Å². The molecule has 0 aliphatic carbocycles. The fourth-order valence-electron chi connectivity index (χ4n) is 8.88. The van der Waals surface area contributed by atoms with Crippen LogP contribution < -0.4 is 19.9 Å². The molecular formula is C43H46F2N6O5. The Morgan fingerprint density at radius 2 is 1.70 bits per heavy atom. The number of H-pyrrole nitrogens is 1. The maximum Gasteiger partial charge on any atom is 0.269 e. The minimum absolute atomic E-state index is 0.0706. The van der Waals surface area contributed by atoms with E-state index in [0.29, 0.717) is 58.5 Å². The number of nitrogens with one attached hydrogen (secondary N) is 2. The molecule has 3 aromatic carbocycles. The van der Waals surface area contributed by atoms with E-state index in [4.69, 9.17) is 4.74 Å². The summed E-state index contributed by atoms with van der Waals surface area (Å²) >= 11 is 0. The fourth-order valence-corrected chi connectivity index (χ4v) is 8.88. The molecule has 5 heterocycles. The van der Waals surface area contributed by atoms with E-state index in [1.165, 1.54) is 17.9 Å². The van der Waals surface area contributed by atoms with Crippen LogP contribution in [0.25, 0.3) is 27.6 Å². The zero-order valence-electron chi connectivity index (χ0n) is 32.1. The van der Waals surface area contributed by atoms with Gasteiger partial charge in [0.25, 0.3) is 5.91 Å². The van der Waals surface area contributed by atoms with Gasteiger partial charge >= 0.3 is 0 Å². The quantitative estimate of drug-likeness (QED) is 0.219. The molecule has 4 aliphatic heterocycles. The second-order valence-electron chi connectivity index (χ2n) is 15.9. The maximum absolute atomic E-state index is 16.4. The molecule has 1 unspecified atom stereocenters. The Bertz CT molecular complexity index is 2300. The Labute approximate surface area is 324 Å². The molecule has 292 valence electrons. The number of carbonyl (C=O) groups is 4. The first-order valence-corrected chi connectivity index (χ1v) is 19.2. The third-order valence-electron chi connectivity index (χ3n) is 12.1. The number of imide groups is 1. The summed E-state index contributed by atoms with van der Waals surface area (Å²) in [5.74, 6) is -1.76. The number of anilines is 2. The van der Waals surface area contributed by atoms with Crippen LogP contribution in [0.3, 0.4) is 0 Å². The molecule has 1 spiro atoms. The van der Waals surface area contributed by atoms with E-state index in [1.807, 2.05) is 24.3 Å². The van der Waals surface area contributed by atoms with Crippen LogP contribution in [0.4, 0.5) is 20.2 Å². The van der Waals surface area contributed by atoms with Crippen molar-refractivity contribution in [1.82, 2.24) is 20.1 Å². The third-order valence-corrected chi connectivity index (χ3v) is 12.1. The smallest absolute Gasteiger partial charge is 0.269 e. The highest BCUT2D eigenvalue weighted by Gasteiger charge is 2.46. The normalized spacial score (nSPS) is 19.5. The molecule has 3 fully saturated rings. The minimum Gasteiger partial charge on any atom is -0.496 e. The first-order valence-electron chi connectivity index (χ1n) is 19.2. The summed E-state index contributed by atoms with van der Waals surface area (Å²) < 4.78 is 37.8. The van der Waals surface area contributed by atoms with Crippen molar-refractivity contribution >= 4 is 51.5 Å². The molecular weight excluding hydrogens is 719 g/mol. The molecule has 4 aromatic rings. The van der Waals surface area contributed by atoms with Crippen molar-refractivity contribution in [1.29, 1.82) is 0 Å². The van der Waals surface area contributed by atoms with Crippen molar-refractivity contribution in [2.24, 2.45) is 5.41 Å². The Morgan fingerprint density at radius 1 is 0.929 bits per heavy atom. The molecule has 1 aromatic heterocycles. The lowest BCUT2D eigenvalue weighted by atomic mass is 9.71. The van der Waals surface area contributed by atoms with Crippen LogP contribution in [0, 0.1) is 17.0 Å². The Hall–Kier alpha value is -5.72.